The minimum Gasteiger partial charge on any atom is -0.393 e. The van der Waals surface area contributed by atoms with Gasteiger partial charge in [0.25, 0.3) is 5.91 Å². The van der Waals surface area contributed by atoms with Gasteiger partial charge in [-0.1, -0.05) is 30.3 Å². The Morgan fingerprint density at radius 3 is 2.57 bits per heavy atom. The van der Waals surface area contributed by atoms with Crippen molar-refractivity contribution in [3.63, 3.8) is 0 Å². The highest BCUT2D eigenvalue weighted by Gasteiger charge is 2.49. The summed E-state index contributed by atoms with van der Waals surface area (Å²) in [4.78, 5) is 33.0. The molecule has 6 nitrogen and oxygen atoms in total. The summed E-state index contributed by atoms with van der Waals surface area (Å²) in [5.41, 5.74) is 1.65. The predicted molar refractivity (Wildman–Crippen MR) is 105 cm³/mol. The van der Waals surface area contributed by atoms with Crippen molar-refractivity contribution in [2.45, 2.75) is 31.4 Å². The van der Waals surface area contributed by atoms with E-state index in [4.69, 9.17) is 0 Å². The Labute approximate surface area is 164 Å². The Morgan fingerprint density at radius 2 is 1.89 bits per heavy atom. The van der Waals surface area contributed by atoms with Gasteiger partial charge in [-0.25, -0.2) is 0 Å². The van der Waals surface area contributed by atoms with Crippen LogP contribution >= 0.6 is 0 Å². The maximum absolute atomic E-state index is 13.3. The van der Waals surface area contributed by atoms with Crippen molar-refractivity contribution >= 4 is 11.8 Å². The van der Waals surface area contributed by atoms with Crippen LogP contribution in [0.5, 0.6) is 0 Å². The van der Waals surface area contributed by atoms with Crippen LogP contribution in [0.25, 0.3) is 0 Å². The quantitative estimate of drug-likeness (QED) is 0.865. The number of fused-ring (bicyclic) bond motifs is 1. The second-order valence-corrected chi connectivity index (χ2v) is 7.68. The molecule has 0 radical (unpaired) electrons. The molecule has 1 aromatic heterocycles. The molecule has 0 spiro atoms. The fourth-order valence-corrected chi connectivity index (χ4v) is 4.69. The van der Waals surface area contributed by atoms with Crippen LogP contribution in [0.3, 0.4) is 0 Å². The third-order valence-corrected chi connectivity index (χ3v) is 6.09. The first-order valence-corrected chi connectivity index (χ1v) is 9.76. The maximum Gasteiger partial charge on any atom is 0.255 e. The smallest absolute Gasteiger partial charge is 0.255 e. The Balaban J connectivity index is 1.73. The van der Waals surface area contributed by atoms with E-state index in [1.165, 1.54) is 0 Å². The van der Waals surface area contributed by atoms with Crippen LogP contribution in [-0.2, 0) is 4.79 Å². The van der Waals surface area contributed by atoms with Crippen molar-refractivity contribution in [2.75, 3.05) is 19.6 Å². The van der Waals surface area contributed by atoms with Gasteiger partial charge in [0.15, 0.2) is 0 Å². The highest BCUT2D eigenvalue weighted by molar-refractivity contribution is 5.94. The van der Waals surface area contributed by atoms with E-state index in [1.54, 1.807) is 36.4 Å². The number of likely N-dealkylation sites (tertiary alicyclic amines) is 2. The van der Waals surface area contributed by atoms with Crippen molar-refractivity contribution < 1.29 is 14.7 Å². The number of hydrogen-bond acceptors (Lipinski definition) is 4. The summed E-state index contributed by atoms with van der Waals surface area (Å²) in [5.74, 6) is -0.190. The molecule has 6 heteroatoms. The molecular weight excluding hydrogens is 354 g/mol. The van der Waals surface area contributed by atoms with Gasteiger partial charge in [0.1, 0.15) is 0 Å². The molecule has 0 aliphatic carbocycles. The van der Waals surface area contributed by atoms with Crippen LogP contribution in [-0.4, -0.2) is 63.5 Å². The minimum atomic E-state index is -0.564. The molecule has 2 saturated heterocycles. The second kappa shape index (κ2) is 7.72. The number of aliphatic hydroxyl groups is 1. The minimum absolute atomic E-state index is 0.0233. The molecule has 3 heterocycles. The molecule has 4 rings (SSSR count). The molecule has 1 N–H and O–H groups in total. The summed E-state index contributed by atoms with van der Waals surface area (Å²) in [5, 5.41) is 11.0. The van der Waals surface area contributed by atoms with Gasteiger partial charge in [0.05, 0.1) is 17.7 Å². The molecule has 0 unspecified atom stereocenters. The zero-order valence-corrected chi connectivity index (χ0v) is 15.9. The average Bonchev–Trinajstić information content (AvgIpc) is 3.01. The summed E-state index contributed by atoms with van der Waals surface area (Å²) in [6.45, 7) is 3.03. The molecule has 146 valence electrons. The highest BCUT2D eigenvalue weighted by atomic mass is 16.3. The number of nitrogens with zero attached hydrogens (tertiary/aromatic N) is 3. The number of rotatable bonds is 2. The lowest BCUT2D eigenvalue weighted by Gasteiger charge is -2.31. The van der Waals surface area contributed by atoms with Crippen LogP contribution in [0.1, 0.15) is 35.2 Å². The molecule has 0 bridgehead atoms. The van der Waals surface area contributed by atoms with Gasteiger partial charge in [-0.3, -0.25) is 14.6 Å². The Kier molecular flexibility index (Phi) is 5.13. The molecule has 28 heavy (non-hydrogen) atoms. The number of aromatic nitrogens is 1. The van der Waals surface area contributed by atoms with E-state index in [1.807, 2.05) is 23.1 Å². The molecule has 4 atom stereocenters. The average molecular weight is 379 g/mol. The summed E-state index contributed by atoms with van der Waals surface area (Å²) < 4.78 is 0. The number of carbonyl (C=O) groups excluding carboxylic acids is 2. The number of carbonyl (C=O) groups is 2. The first-order valence-electron chi connectivity index (χ1n) is 9.76. The molecule has 2 amide bonds. The van der Waals surface area contributed by atoms with Crippen LogP contribution in [0, 0.1) is 5.92 Å². The Bertz CT molecular complexity index is 843. The van der Waals surface area contributed by atoms with E-state index in [0.29, 0.717) is 31.6 Å². The number of aliphatic hydroxyl groups excluding tert-OH is 1. The largest absolute Gasteiger partial charge is 0.393 e. The van der Waals surface area contributed by atoms with Gasteiger partial charge in [-0.15, -0.1) is 0 Å². The Hall–Kier alpha value is -2.73. The zero-order valence-electron chi connectivity index (χ0n) is 15.9. The van der Waals surface area contributed by atoms with Crippen LogP contribution in [0.2, 0.25) is 0 Å². The zero-order chi connectivity index (χ0) is 19.7. The Morgan fingerprint density at radius 1 is 1.11 bits per heavy atom. The van der Waals surface area contributed by atoms with Crippen molar-refractivity contribution in [1.82, 2.24) is 14.8 Å². The fraction of sp³-hybridized carbons (Fsp3) is 0.409. The first-order chi connectivity index (χ1) is 13.6. The molecular formula is C22H25N3O3. The fourth-order valence-electron chi connectivity index (χ4n) is 4.69. The van der Waals surface area contributed by atoms with E-state index in [2.05, 4.69) is 17.1 Å². The summed E-state index contributed by atoms with van der Waals surface area (Å²) in [7, 11) is 0. The molecule has 2 fully saturated rings. The van der Waals surface area contributed by atoms with Gasteiger partial charge in [0, 0.05) is 50.8 Å². The summed E-state index contributed by atoms with van der Waals surface area (Å²) >= 11 is 0. The van der Waals surface area contributed by atoms with Gasteiger partial charge >= 0.3 is 0 Å². The van der Waals surface area contributed by atoms with Crippen LogP contribution < -0.4 is 0 Å². The van der Waals surface area contributed by atoms with Gasteiger partial charge < -0.3 is 14.9 Å². The summed E-state index contributed by atoms with van der Waals surface area (Å²) in [6, 6.07) is 13.3. The van der Waals surface area contributed by atoms with E-state index in [0.717, 1.165) is 5.56 Å². The topological polar surface area (TPSA) is 73.7 Å². The molecule has 0 saturated carbocycles. The molecule has 2 aliphatic rings. The highest BCUT2D eigenvalue weighted by Crippen LogP contribution is 2.42. The van der Waals surface area contributed by atoms with Gasteiger partial charge in [-0.05, 0) is 24.1 Å². The van der Waals surface area contributed by atoms with Crippen molar-refractivity contribution in [3.05, 3.63) is 66.0 Å². The van der Waals surface area contributed by atoms with E-state index >= 15 is 0 Å². The maximum atomic E-state index is 13.3. The second-order valence-electron chi connectivity index (χ2n) is 7.68. The lowest BCUT2D eigenvalue weighted by Crippen LogP contribution is -2.46. The van der Waals surface area contributed by atoms with Crippen molar-refractivity contribution in [3.8, 4) is 0 Å². The van der Waals surface area contributed by atoms with Crippen LogP contribution in [0.15, 0.2) is 54.9 Å². The van der Waals surface area contributed by atoms with E-state index in [-0.39, 0.29) is 29.7 Å². The predicted octanol–water partition coefficient (Wildman–Crippen LogP) is 1.92. The van der Waals surface area contributed by atoms with Crippen LogP contribution in [0.4, 0.5) is 0 Å². The number of amides is 2. The number of pyridine rings is 1. The molecule has 2 aliphatic heterocycles. The van der Waals surface area contributed by atoms with Crippen molar-refractivity contribution in [2.24, 2.45) is 5.92 Å². The van der Waals surface area contributed by atoms with Gasteiger partial charge in [-0.2, -0.15) is 0 Å². The van der Waals surface area contributed by atoms with E-state index in [9.17, 15) is 14.7 Å². The molecule has 1 aromatic carbocycles. The monoisotopic (exact) mass is 379 g/mol. The lowest BCUT2D eigenvalue weighted by molar-refractivity contribution is -0.129. The SMILES string of the molecule is CC(=O)N1CC[C@@H](O)[C@@H]2[C@@H](C1)N(C(=O)c1cccnc1)C[C@H]2c1ccccc1. The lowest BCUT2D eigenvalue weighted by atomic mass is 9.81. The number of benzene rings is 1. The van der Waals surface area contributed by atoms with Crippen molar-refractivity contribution in [1.29, 1.82) is 0 Å². The summed E-state index contributed by atoms with van der Waals surface area (Å²) in [6.07, 6.45) is 3.18. The first kappa shape index (κ1) is 18.6. The standard InChI is InChI=1S/C22H25N3O3/c1-15(26)24-11-9-20(27)21-18(16-6-3-2-4-7-16)13-25(19(21)14-24)22(28)17-8-5-10-23-12-17/h2-8,10,12,18-21,27H,9,11,13-14H2,1H3/t18-,19+,20+,21-/m0/s1. The molecule has 2 aromatic rings. The van der Waals surface area contributed by atoms with Gasteiger partial charge in [0.2, 0.25) is 5.91 Å². The third kappa shape index (κ3) is 3.40. The third-order valence-electron chi connectivity index (χ3n) is 6.09. The normalized spacial score (nSPS) is 27.2. The number of hydrogen-bond donors (Lipinski definition) is 1. The van der Waals surface area contributed by atoms with E-state index < -0.39 is 6.10 Å².